The molecule has 0 atom stereocenters. The molecule has 2 nitrogen and oxygen atoms in total. The van der Waals surface area contributed by atoms with Crippen LogP contribution in [0.2, 0.25) is 0 Å². The van der Waals surface area contributed by atoms with E-state index >= 15 is 0 Å². The Labute approximate surface area is 79.1 Å². The summed E-state index contributed by atoms with van der Waals surface area (Å²) in [5.74, 6) is 0.299. The van der Waals surface area contributed by atoms with Gasteiger partial charge >= 0.3 is 0 Å². The summed E-state index contributed by atoms with van der Waals surface area (Å²) in [4.78, 5) is 2.09. The number of hydrogen-bond donors (Lipinski definition) is 1. The van der Waals surface area contributed by atoms with E-state index in [2.05, 4.69) is 11.5 Å². The first-order valence-electron chi connectivity index (χ1n) is 4.24. The molecular weight excluding hydrogens is 162 g/mol. The second kappa shape index (κ2) is 3.99. The summed E-state index contributed by atoms with van der Waals surface area (Å²) in [5.41, 5.74) is 2.20. The number of rotatable bonds is 3. The van der Waals surface area contributed by atoms with Crippen molar-refractivity contribution in [2.24, 2.45) is 0 Å². The van der Waals surface area contributed by atoms with Crippen molar-refractivity contribution in [1.82, 2.24) is 0 Å². The predicted molar refractivity (Wildman–Crippen MR) is 56.2 cm³/mol. The van der Waals surface area contributed by atoms with Crippen LogP contribution < -0.4 is 4.90 Å². The van der Waals surface area contributed by atoms with Gasteiger partial charge in [-0.25, -0.2) is 0 Å². The minimum absolute atomic E-state index is 0.299. The molecule has 0 spiro atoms. The number of phenolic OH excluding ortho intramolecular Hbond substituents is 1. The average Bonchev–Trinajstić information content (AvgIpc) is 2.04. The van der Waals surface area contributed by atoms with Crippen LogP contribution in [0.25, 0.3) is 0 Å². The fraction of sp³-hybridized carbons (Fsp3) is 0.273. The molecule has 1 N–H and O–H groups in total. The molecular formula is C11H15NO. The molecule has 70 valence electrons. The lowest BCUT2D eigenvalue weighted by atomic mass is 10.2. The van der Waals surface area contributed by atoms with E-state index in [1.165, 1.54) is 0 Å². The Bertz CT molecular complexity index is 289. The summed E-state index contributed by atoms with van der Waals surface area (Å²) >= 11 is 0. The maximum absolute atomic E-state index is 9.08. The molecule has 0 aliphatic heterocycles. The smallest absolute Gasteiger partial charge is 0.115 e. The molecule has 0 amide bonds. The first-order chi connectivity index (χ1) is 6.09. The molecule has 13 heavy (non-hydrogen) atoms. The summed E-state index contributed by atoms with van der Waals surface area (Å²) in [7, 11) is 2.00. The summed E-state index contributed by atoms with van der Waals surface area (Å²) in [6, 6.07) is 7.14. The van der Waals surface area contributed by atoms with E-state index in [1.54, 1.807) is 12.1 Å². The highest BCUT2D eigenvalue weighted by Crippen LogP contribution is 2.17. The number of phenols is 1. The lowest BCUT2D eigenvalue weighted by Crippen LogP contribution is -2.18. The molecule has 0 saturated heterocycles. The molecule has 1 aromatic carbocycles. The third-order valence-corrected chi connectivity index (χ3v) is 1.80. The van der Waals surface area contributed by atoms with Gasteiger partial charge in [0.25, 0.3) is 0 Å². The number of likely N-dealkylation sites (N-methyl/N-ethyl adjacent to an activating group) is 1. The van der Waals surface area contributed by atoms with Crippen molar-refractivity contribution >= 4 is 5.69 Å². The highest BCUT2D eigenvalue weighted by Gasteiger charge is 1.99. The maximum atomic E-state index is 9.08. The lowest BCUT2D eigenvalue weighted by Gasteiger charge is -2.19. The first kappa shape index (κ1) is 9.65. The molecule has 1 rings (SSSR count). The first-order valence-corrected chi connectivity index (χ1v) is 4.24. The zero-order valence-corrected chi connectivity index (χ0v) is 8.12. The molecule has 0 unspecified atom stereocenters. The summed E-state index contributed by atoms with van der Waals surface area (Å²) < 4.78 is 0. The van der Waals surface area contributed by atoms with Gasteiger partial charge in [-0.05, 0) is 31.2 Å². The quantitative estimate of drug-likeness (QED) is 0.717. The average molecular weight is 177 g/mol. The van der Waals surface area contributed by atoms with Gasteiger partial charge in [-0.15, -0.1) is 0 Å². The fourth-order valence-corrected chi connectivity index (χ4v) is 1.20. The molecule has 0 saturated carbocycles. The van der Waals surface area contributed by atoms with E-state index in [1.807, 2.05) is 26.1 Å². The highest BCUT2D eigenvalue weighted by atomic mass is 16.3. The van der Waals surface area contributed by atoms with E-state index in [0.717, 1.165) is 17.8 Å². The van der Waals surface area contributed by atoms with Gasteiger partial charge in [0.2, 0.25) is 0 Å². The lowest BCUT2D eigenvalue weighted by molar-refractivity contribution is 0.475. The molecule has 2 heteroatoms. The van der Waals surface area contributed by atoms with Gasteiger partial charge < -0.3 is 10.0 Å². The summed E-state index contributed by atoms with van der Waals surface area (Å²) in [6.07, 6.45) is 0. The fourth-order valence-electron chi connectivity index (χ4n) is 1.20. The third kappa shape index (κ3) is 2.82. The van der Waals surface area contributed by atoms with E-state index in [-0.39, 0.29) is 0 Å². The maximum Gasteiger partial charge on any atom is 0.115 e. The molecule has 0 aliphatic rings. The van der Waals surface area contributed by atoms with Crippen LogP contribution >= 0.6 is 0 Å². The topological polar surface area (TPSA) is 23.5 Å². The predicted octanol–water partition coefficient (Wildman–Crippen LogP) is 2.40. The van der Waals surface area contributed by atoms with E-state index < -0.39 is 0 Å². The zero-order valence-electron chi connectivity index (χ0n) is 8.12. The Morgan fingerprint density at radius 2 is 1.92 bits per heavy atom. The Kier molecular flexibility index (Phi) is 2.96. The van der Waals surface area contributed by atoms with E-state index in [9.17, 15) is 0 Å². The summed E-state index contributed by atoms with van der Waals surface area (Å²) in [5, 5.41) is 9.08. The molecule has 0 aromatic heterocycles. The van der Waals surface area contributed by atoms with E-state index in [4.69, 9.17) is 5.11 Å². The van der Waals surface area contributed by atoms with Crippen molar-refractivity contribution in [3.8, 4) is 5.75 Å². The van der Waals surface area contributed by atoms with Crippen molar-refractivity contribution in [2.75, 3.05) is 18.5 Å². The standard InChI is InChI=1S/C11H15NO/c1-9(2)8-12(3)10-4-6-11(13)7-5-10/h4-7,13H,1,8H2,2-3H3. The molecule has 0 heterocycles. The Morgan fingerprint density at radius 3 is 2.38 bits per heavy atom. The summed E-state index contributed by atoms with van der Waals surface area (Å²) in [6.45, 7) is 6.68. The monoisotopic (exact) mass is 177 g/mol. The van der Waals surface area contributed by atoms with Gasteiger partial charge in [0.05, 0.1) is 0 Å². The number of benzene rings is 1. The highest BCUT2D eigenvalue weighted by molar-refractivity contribution is 5.48. The van der Waals surface area contributed by atoms with Crippen LogP contribution in [0.4, 0.5) is 5.69 Å². The van der Waals surface area contributed by atoms with Crippen LogP contribution in [0.3, 0.4) is 0 Å². The Hall–Kier alpha value is -1.44. The molecule has 1 aromatic rings. The largest absolute Gasteiger partial charge is 0.508 e. The Morgan fingerprint density at radius 1 is 1.38 bits per heavy atom. The number of nitrogens with zero attached hydrogens (tertiary/aromatic N) is 1. The van der Waals surface area contributed by atoms with Crippen LogP contribution in [0, 0.1) is 0 Å². The SMILES string of the molecule is C=C(C)CN(C)c1ccc(O)cc1. The molecule has 0 aliphatic carbocycles. The van der Waals surface area contributed by atoms with Crippen molar-refractivity contribution in [1.29, 1.82) is 0 Å². The van der Waals surface area contributed by atoms with E-state index in [0.29, 0.717) is 5.75 Å². The normalized spacial score (nSPS) is 9.69. The van der Waals surface area contributed by atoms with Crippen molar-refractivity contribution in [2.45, 2.75) is 6.92 Å². The van der Waals surface area contributed by atoms with Gasteiger partial charge in [0.1, 0.15) is 5.75 Å². The van der Waals surface area contributed by atoms with Crippen LogP contribution in [-0.4, -0.2) is 18.7 Å². The molecule has 0 radical (unpaired) electrons. The van der Waals surface area contributed by atoms with Crippen molar-refractivity contribution < 1.29 is 5.11 Å². The van der Waals surface area contributed by atoms with Gasteiger partial charge in [0, 0.05) is 19.3 Å². The second-order valence-corrected chi connectivity index (χ2v) is 3.33. The van der Waals surface area contributed by atoms with Gasteiger partial charge in [0.15, 0.2) is 0 Å². The number of aromatic hydroxyl groups is 1. The van der Waals surface area contributed by atoms with Crippen LogP contribution in [0.15, 0.2) is 36.4 Å². The van der Waals surface area contributed by atoms with Crippen molar-refractivity contribution in [3.63, 3.8) is 0 Å². The number of hydrogen-bond acceptors (Lipinski definition) is 2. The van der Waals surface area contributed by atoms with Gasteiger partial charge in [-0.1, -0.05) is 12.2 Å². The molecule has 0 fully saturated rings. The zero-order chi connectivity index (χ0) is 9.84. The van der Waals surface area contributed by atoms with Crippen molar-refractivity contribution in [3.05, 3.63) is 36.4 Å². The Balaban J connectivity index is 2.71. The van der Waals surface area contributed by atoms with Crippen LogP contribution in [0.5, 0.6) is 5.75 Å². The third-order valence-electron chi connectivity index (χ3n) is 1.80. The molecule has 0 bridgehead atoms. The minimum Gasteiger partial charge on any atom is -0.508 e. The minimum atomic E-state index is 0.299. The van der Waals surface area contributed by atoms with Gasteiger partial charge in [-0.3, -0.25) is 0 Å². The van der Waals surface area contributed by atoms with Crippen LogP contribution in [0.1, 0.15) is 6.92 Å². The number of anilines is 1. The second-order valence-electron chi connectivity index (χ2n) is 3.33. The van der Waals surface area contributed by atoms with Crippen LogP contribution in [-0.2, 0) is 0 Å². The van der Waals surface area contributed by atoms with Gasteiger partial charge in [-0.2, -0.15) is 0 Å².